The van der Waals surface area contributed by atoms with Crippen molar-refractivity contribution in [1.82, 2.24) is 19.8 Å². The number of fused-ring (bicyclic) bond motifs is 1. The Bertz CT molecular complexity index is 788. The van der Waals surface area contributed by atoms with Gasteiger partial charge in [0.05, 0.1) is 6.54 Å². The van der Waals surface area contributed by atoms with Gasteiger partial charge in [0.1, 0.15) is 18.2 Å². The molecule has 1 N–H and O–H groups in total. The molecule has 23 heavy (non-hydrogen) atoms. The van der Waals surface area contributed by atoms with Gasteiger partial charge in [-0.15, -0.1) is 15.3 Å². The van der Waals surface area contributed by atoms with Crippen LogP contribution in [0.5, 0.6) is 5.75 Å². The minimum Gasteiger partial charge on any atom is -0.492 e. The smallest absolute Gasteiger partial charge is 0.453 e. The van der Waals surface area contributed by atoms with Gasteiger partial charge in [-0.25, -0.2) is 0 Å². The number of rotatable bonds is 5. The van der Waals surface area contributed by atoms with Gasteiger partial charge in [0.2, 0.25) is 0 Å². The monoisotopic (exact) mass is 323 g/mol. The van der Waals surface area contributed by atoms with Crippen LogP contribution in [0.25, 0.3) is 5.65 Å². The third-order valence-corrected chi connectivity index (χ3v) is 2.94. The SMILES string of the molecule is FC(F)(F)c1nnc2ccc(NCCOc3ccccc3)nn12. The minimum absolute atomic E-state index is 0.0309. The van der Waals surface area contributed by atoms with Crippen molar-refractivity contribution < 1.29 is 17.9 Å². The summed E-state index contributed by atoms with van der Waals surface area (Å²) in [5.41, 5.74) is 0.0309. The summed E-state index contributed by atoms with van der Waals surface area (Å²) < 4.78 is 44.5. The lowest BCUT2D eigenvalue weighted by Crippen LogP contribution is -2.15. The molecule has 0 aliphatic carbocycles. The molecule has 0 saturated heterocycles. The van der Waals surface area contributed by atoms with Crippen molar-refractivity contribution in [2.75, 3.05) is 18.5 Å². The van der Waals surface area contributed by atoms with Crippen LogP contribution in [-0.4, -0.2) is 33.0 Å². The van der Waals surface area contributed by atoms with Crippen molar-refractivity contribution in [3.05, 3.63) is 48.3 Å². The van der Waals surface area contributed by atoms with Crippen molar-refractivity contribution in [3.8, 4) is 5.75 Å². The topological polar surface area (TPSA) is 64.3 Å². The maximum absolute atomic E-state index is 12.8. The Hall–Kier alpha value is -2.84. The molecule has 0 fully saturated rings. The normalized spacial score (nSPS) is 11.6. The number of ether oxygens (including phenoxy) is 1. The maximum Gasteiger partial charge on any atom is 0.453 e. The Morgan fingerprint density at radius 2 is 1.83 bits per heavy atom. The number of nitrogens with one attached hydrogen (secondary N) is 1. The highest BCUT2D eigenvalue weighted by molar-refractivity contribution is 5.44. The van der Waals surface area contributed by atoms with Crippen LogP contribution in [0.2, 0.25) is 0 Å². The van der Waals surface area contributed by atoms with Gasteiger partial charge in [-0.2, -0.15) is 17.7 Å². The molecule has 0 aliphatic heterocycles. The van der Waals surface area contributed by atoms with Crippen LogP contribution in [0, 0.1) is 0 Å². The van der Waals surface area contributed by atoms with Gasteiger partial charge in [-0.1, -0.05) is 18.2 Å². The molecular formula is C14H12F3N5O. The van der Waals surface area contributed by atoms with Crippen LogP contribution in [-0.2, 0) is 6.18 Å². The van der Waals surface area contributed by atoms with Crippen LogP contribution >= 0.6 is 0 Å². The highest BCUT2D eigenvalue weighted by Gasteiger charge is 2.37. The Morgan fingerprint density at radius 1 is 1.04 bits per heavy atom. The first-order chi connectivity index (χ1) is 11.0. The molecular weight excluding hydrogens is 311 g/mol. The zero-order valence-electron chi connectivity index (χ0n) is 11.8. The highest BCUT2D eigenvalue weighted by atomic mass is 19.4. The average molecular weight is 323 g/mol. The number of nitrogens with zero attached hydrogens (tertiary/aromatic N) is 4. The fourth-order valence-electron chi connectivity index (χ4n) is 1.92. The number of aromatic nitrogens is 4. The van der Waals surface area contributed by atoms with E-state index in [0.717, 1.165) is 5.75 Å². The summed E-state index contributed by atoms with van der Waals surface area (Å²) in [5, 5.41) is 13.3. The zero-order valence-corrected chi connectivity index (χ0v) is 11.8. The summed E-state index contributed by atoms with van der Waals surface area (Å²) >= 11 is 0. The minimum atomic E-state index is -4.61. The summed E-state index contributed by atoms with van der Waals surface area (Å²) in [4.78, 5) is 0. The maximum atomic E-state index is 12.8. The van der Waals surface area contributed by atoms with Crippen LogP contribution in [0.4, 0.5) is 19.0 Å². The first-order valence-corrected chi connectivity index (χ1v) is 6.75. The molecule has 0 aliphatic rings. The van der Waals surface area contributed by atoms with E-state index in [2.05, 4.69) is 20.6 Å². The van der Waals surface area contributed by atoms with Gasteiger partial charge in [0.25, 0.3) is 5.82 Å². The third kappa shape index (κ3) is 3.50. The second kappa shape index (κ2) is 6.11. The second-order valence-corrected chi connectivity index (χ2v) is 4.60. The lowest BCUT2D eigenvalue weighted by molar-refractivity contribution is -0.146. The lowest BCUT2D eigenvalue weighted by Gasteiger charge is -2.08. The predicted molar refractivity (Wildman–Crippen MR) is 76.2 cm³/mol. The Morgan fingerprint density at radius 3 is 2.57 bits per heavy atom. The van der Waals surface area contributed by atoms with Crippen molar-refractivity contribution in [3.63, 3.8) is 0 Å². The van der Waals surface area contributed by atoms with Crippen LogP contribution in [0.3, 0.4) is 0 Å². The van der Waals surface area contributed by atoms with E-state index in [0.29, 0.717) is 17.7 Å². The summed E-state index contributed by atoms with van der Waals surface area (Å²) in [6.45, 7) is 0.731. The average Bonchev–Trinajstić information content (AvgIpc) is 2.96. The number of halogens is 3. The molecule has 0 saturated carbocycles. The van der Waals surface area contributed by atoms with Crippen molar-refractivity contribution in [2.24, 2.45) is 0 Å². The molecule has 3 rings (SSSR count). The van der Waals surface area contributed by atoms with Crippen molar-refractivity contribution >= 4 is 11.5 Å². The number of hydrogen-bond acceptors (Lipinski definition) is 5. The zero-order chi connectivity index (χ0) is 16.3. The van der Waals surface area contributed by atoms with E-state index in [-0.39, 0.29) is 11.5 Å². The Balaban J connectivity index is 1.64. The van der Waals surface area contributed by atoms with Crippen LogP contribution < -0.4 is 10.1 Å². The fourth-order valence-corrected chi connectivity index (χ4v) is 1.92. The summed E-state index contributed by atoms with van der Waals surface area (Å²) in [6, 6.07) is 12.2. The van der Waals surface area contributed by atoms with E-state index in [4.69, 9.17) is 4.74 Å². The quantitative estimate of drug-likeness (QED) is 0.731. The van der Waals surface area contributed by atoms with Crippen molar-refractivity contribution in [2.45, 2.75) is 6.18 Å². The first-order valence-electron chi connectivity index (χ1n) is 6.75. The molecule has 0 unspecified atom stereocenters. The summed E-state index contributed by atoms with van der Waals surface area (Å²) in [5.74, 6) is -0.160. The predicted octanol–water partition coefficient (Wildman–Crippen LogP) is 2.63. The molecule has 0 spiro atoms. The van der Waals surface area contributed by atoms with Crippen molar-refractivity contribution in [1.29, 1.82) is 0 Å². The molecule has 120 valence electrons. The number of anilines is 1. The largest absolute Gasteiger partial charge is 0.492 e. The van der Waals surface area contributed by atoms with Gasteiger partial charge < -0.3 is 10.1 Å². The molecule has 0 bridgehead atoms. The standard InChI is InChI=1S/C14H12F3N5O/c15-14(16,17)13-20-19-12-7-6-11(21-22(12)13)18-8-9-23-10-4-2-1-3-5-10/h1-7H,8-9H2,(H,18,21). The molecule has 0 radical (unpaired) electrons. The first kappa shape index (κ1) is 15.1. The number of benzene rings is 1. The Kier molecular flexibility index (Phi) is 4.00. The van der Waals surface area contributed by atoms with Gasteiger partial charge in [-0.05, 0) is 24.3 Å². The summed E-state index contributed by atoms with van der Waals surface area (Å²) in [7, 11) is 0. The van der Waals surface area contributed by atoms with Crippen LogP contribution in [0.15, 0.2) is 42.5 Å². The van der Waals surface area contributed by atoms with E-state index in [1.165, 1.54) is 12.1 Å². The highest BCUT2D eigenvalue weighted by Crippen LogP contribution is 2.27. The fraction of sp³-hybridized carbons (Fsp3) is 0.214. The molecule has 2 heterocycles. The third-order valence-electron chi connectivity index (χ3n) is 2.94. The lowest BCUT2D eigenvalue weighted by atomic mass is 10.3. The number of alkyl halides is 3. The second-order valence-electron chi connectivity index (χ2n) is 4.60. The number of para-hydroxylation sites is 1. The summed E-state index contributed by atoms with van der Waals surface area (Å²) in [6.07, 6.45) is -4.61. The molecule has 0 atom stereocenters. The van der Waals surface area contributed by atoms with E-state index in [1.54, 1.807) is 0 Å². The molecule has 3 aromatic rings. The van der Waals surface area contributed by atoms with E-state index >= 15 is 0 Å². The van der Waals surface area contributed by atoms with Crippen LogP contribution in [0.1, 0.15) is 5.82 Å². The van der Waals surface area contributed by atoms with Gasteiger partial charge in [0.15, 0.2) is 5.65 Å². The molecule has 1 aromatic carbocycles. The van der Waals surface area contributed by atoms with E-state index < -0.39 is 12.0 Å². The molecule has 2 aromatic heterocycles. The molecule has 6 nitrogen and oxygen atoms in total. The van der Waals surface area contributed by atoms with E-state index in [1.807, 2.05) is 30.3 Å². The molecule has 9 heteroatoms. The number of hydrogen-bond donors (Lipinski definition) is 1. The van der Waals surface area contributed by atoms with Gasteiger partial charge in [-0.3, -0.25) is 0 Å². The van der Waals surface area contributed by atoms with E-state index in [9.17, 15) is 13.2 Å². The molecule has 0 amide bonds. The van der Waals surface area contributed by atoms with Gasteiger partial charge >= 0.3 is 6.18 Å². The Labute approximate surface area is 128 Å². The van der Waals surface area contributed by atoms with Gasteiger partial charge in [0, 0.05) is 0 Å².